The predicted octanol–water partition coefficient (Wildman–Crippen LogP) is 1.89. The van der Waals surface area contributed by atoms with Gasteiger partial charge in [0.25, 0.3) is 0 Å². The largest absolute Gasteiger partial charge is 0.362 e. The number of aromatic nitrogens is 1. The fourth-order valence-corrected chi connectivity index (χ4v) is 1.41. The van der Waals surface area contributed by atoms with E-state index in [2.05, 4.69) is 17.1 Å². The highest BCUT2D eigenvalue weighted by molar-refractivity contribution is 5.14. The number of aromatic amines is 1. The summed E-state index contributed by atoms with van der Waals surface area (Å²) >= 11 is 0. The summed E-state index contributed by atoms with van der Waals surface area (Å²) < 4.78 is 0. The molecule has 0 aromatic carbocycles. The lowest BCUT2D eigenvalue weighted by atomic mass is 10.1. The first-order chi connectivity index (χ1) is 4.45. The van der Waals surface area contributed by atoms with Gasteiger partial charge < -0.3 is 4.98 Å². The monoisotopic (exact) mass is 121 g/mol. The van der Waals surface area contributed by atoms with E-state index in [1.165, 1.54) is 37.1 Å². The van der Waals surface area contributed by atoms with E-state index in [0.29, 0.717) is 0 Å². The molecule has 2 bridgehead atoms. The first-order valence-corrected chi connectivity index (χ1v) is 3.62. The molecule has 0 spiro atoms. The molecule has 1 heteroatoms. The lowest BCUT2D eigenvalue weighted by Gasteiger charge is -1.92. The van der Waals surface area contributed by atoms with Crippen molar-refractivity contribution in [2.24, 2.45) is 0 Å². The van der Waals surface area contributed by atoms with Gasteiger partial charge in [0, 0.05) is 11.4 Å². The molecule has 0 saturated carbocycles. The second-order valence-electron chi connectivity index (χ2n) is 2.72. The van der Waals surface area contributed by atoms with Gasteiger partial charge >= 0.3 is 0 Å². The van der Waals surface area contributed by atoms with Crippen LogP contribution in [-0.2, 0) is 12.8 Å². The van der Waals surface area contributed by atoms with Crippen LogP contribution in [0.15, 0.2) is 12.1 Å². The molecule has 1 aromatic rings. The topological polar surface area (TPSA) is 15.8 Å². The maximum Gasteiger partial charge on any atom is 0.0149 e. The fraction of sp³-hybridized carbons (Fsp3) is 0.500. The van der Waals surface area contributed by atoms with Crippen LogP contribution in [0.5, 0.6) is 0 Å². The molecule has 2 heterocycles. The fourth-order valence-electron chi connectivity index (χ4n) is 1.41. The molecule has 1 aromatic heterocycles. The molecular formula is C8H11N. The minimum absolute atomic E-state index is 1.25. The van der Waals surface area contributed by atoms with Crippen molar-refractivity contribution < 1.29 is 0 Å². The predicted molar refractivity (Wildman–Crippen MR) is 37.4 cm³/mol. The third-order valence-corrected chi connectivity index (χ3v) is 1.95. The van der Waals surface area contributed by atoms with Crippen LogP contribution in [0.2, 0.25) is 0 Å². The summed E-state index contributed by atoms with van der Waals surface area (Å²) in [5.41, 5.74) is 2.84. The first kappa shape index (κ1) is 5.10. The SMILES string of the molecule is c1cc2[nH]c1CCCC2. The summed E-state index contributed by atoms with van der Waals surface area (Å²) in [5, 5.41) is 0. The van der Waals surface area contributed by atoms with Crippen LogP contribution in [0.3, 0.4) is 0 Å². The van der Waals surface area contributed by atoms with E-state index in [1.807, 2.05) is 0 Å². The standard InChI is InChI=1S/C8H11N/c1-2-4-8-6-5-7(3-1)9-8/h5-6,9H,1-4H2. The number of nitrogens with one attached hydrogen (secondary N) is 1. The minimum Gasteiger partial charge on any atom is -0.362 e. The van der Waals surface area contributed by atoms with Gasteiger partial charge in [0.05, 0.1) is 0 Å². The molecule has 0 radical (unpaired) electrons. The molecule has 1 aliphatic rings. The molecular weight excluding hydrogens is 110 g/mol. The zero-order chi connectivity index (χ0) is 6.10. The van der Waals surface area contributed by atoms with Crippen molar-refractivity contribution in [2.45, 2.75) is 25.7 Å². The molecule has 48 valence electrons. The molecule has 1 nitrogen and oxygen atoms in total. The number of fused-ring (bicyclic) bond motifs is 2. The molecule has 2 rings (SSSR count). The van der Waals surface area contributed by atoms with E-state index in [4.69, 9.17) is 0 Å². The Kier molecular flexibility index (Phi) is 1.08. The summed E-state index contributed by atoms with van der Waals surface area (Å²) in [6, 6.07) is 4.41. The van der Waals surface area contributed by atoms with E-state index in [-0.39, 0.29) is 0 Å². The summed E-state index contributed by atoms with van der Waals surface area (Å²) in [6.45, 7) is 0. The molecule has 1 N–H and O–H groups in total. The normalized spacial score (nSPS) is 17.3. The van der Waals surface area contributed by atoms with Gasteiger partial charge in [-0.15, -0.1) is 0 Å². The third kappa shape index (κ3) is 0.869. The van der Waals surface area contributed by atoms with Crippen LogP contribution in [0.25, 0.3) is 0 Å². The zero-order valence-corrected chi connectivity index (χ0v) is 5.48. The van der Waals surface area contributed by atoms with E-state index >= 15 is 0 Å². The second-order valence-corrected chi connectivity index (χ2v) is 2.72. The van der Waals surface area contributed by atoms with Crippen LogP contribution in [0.4, 0.5) is 0 Å². The average molecular weight is 121 g/mol. The Bertz CT molecular complexity index is 180. The molecule has 9 heavy (non-hydrogen) atoms. The van der Waals surface area contributed by atoms with Crippen molar-refractivity contribution in [1.29, 1.82) is 0 Å². The Morgan fingerprint density at radius 2 is 1.56 bits per heavy atom. The number of hydrogen-bond donors (Lipinski definition) is 1. The smallest absolute Gasteiger partial charge is 0.0149 e. The maximum absolute atomic E-state index is 3.38. The summed E-state index contributed by atoms with van der Waals surface area (Å²) in [7, 11) is 0. The van der Waals surface area contributed by atoms with Crippen molar-refractivity contribution >= 4 is 0 Å². The van der Waals surface area contributed by atoms with Crippen LogP contribution < -0.4 is 0 Å². The van der Waals surface area contributed by atoms with E-state index in [0.717, 1.165) is 0 Å². The molecule has 0 amide bonds. The van der Waals surface area contributed by atoms with Gasteiger partial charge in [-0.1, -0.05) is 0 Å². The van der Waals surface area contributed by atoms with Crippen molar-refractivity contribution in [1.82, 2.24) is 4.98 Å². The van der Waals surface area contributed by atoms with Gasteiger partial charge in [-0.25, -0.2) is 0 Å². The Morgan fingerprint density at radius 3 is 2.11 bits per heavy atom. The highest BCUT2D eigenvalue weighted by atomic mass is 14.7. The highest BCUT2D eigenvalue weighted by Gasteiger charge is 2.03. The van der Waals surface area contributed by atoms with Crippen LogP contribution in [0, 0.1) is 0 Å². The van der Waals surface area contributed by atoms with Gasteiger partial charge in [0.15, 0.2) is 0 Å². The number of hydrogen-bond acceptors (Lipinski definition) is 0. The lowest BCUT2D eigenvalue weighted by Crippen LogP contribution is -1.82. The quantitative estimate of drug-likeness (QED) is 0.539. The molecule has 0 atom stereocenters. The average Bonchev–Trinajstić information content (AvgIpc) is 2.09. The van der Waals surface area contributed by atoms with Crippen molar-refractivity contribution in [3.63, 3.8) is 0 Å². The van der Waals surface area contributed by atoms with E-state index in [1.54, 1.807) is 0 Å². The van der Waals surface area contributed by atoms with Gasteiger partial charge in [0.2, 0.25) is 0 Å². The molecule has 0 saturated heterocycles. The van der Waals surface area contributed by atoms with Gasteiger partial charge in [-0.05, 0) is 37.8 Å². The molecule has 0 unspecified atom stereocenters. The van der Waals surface area contributed by atoms with Gasteiger partial charge in [0.1, 0.15) is 0 Å². The van der Waals surface area contributed by atoms with E-state index < -0.39 is 0 Å². The van der Waals surface area contributed by atoms with Crippen LogP contribution >= 0.6 is 0 Å². The second kappa shape index (κ2) is 1.90. The van der Waals surface area contributed by atoms with Crippen LogP contribution in [-0.4, -0.2) is 4.98 Å². The highest BCUT2D eigenvalue weighted by Crippen LogP contribution is 2.13. The third-order valence-electron chi connectivity index (χ3n) is 1.95. The summed E-state index contributed by atoms with van der Waals surface area (Å²) in [4.78, 5) is 3.38. The Labute approximate surface area is 55.1 Å². The molecule has 0 aliphatic carbocycles. The Hall–Kier alpha value is -0.720. The lowest BCUT2D eigenvalue weighted by molar-refractivity contribution is 0.748. The number of rotatable bonds is 0. The number of aryl methyl sites for hydroxylation is 2. The Balaban J connectivity index is 2.37. The van der Waals surface area contributed by atoms with Crippen molar-refractivity contribution in [3.8, 4) is 0 Å². The molecule has 0 fully saturated rings. The zero-order valence-electron chi connectivity index (χ0n) is 5.48. The van der Waals surface area contributed by atoms with Crippen molar-refractivity contribution in [2.75, 3.05) is 0 Å². The maximum atomic E-state index is 3.38. The molecule has 1 aliphatic heterocycles. The van der Waals surface area contributed by atoms with Gasteiger partial charge in [-0.3, -0.25) is 0 Å². The Morgan fingerprint density at radius 1 is 1.00 bits per heavy atom. The summed E-state index contributed by atoms with van der Waals surface area (Å²) in [6.07, 6.45) is 5.21. The van der Waals surface area contributed by atoms with Crippen molar-refractivity contribution in [3.05, 3.63) is 23.5 Å². The van der Waals surface area contributed by atoms with Crippen LogP contribution in [0.1, 0.15) is 24.2 Å². The summed E-state index contributed by atoms with van der Waals surface area (Å²) in [5.74, 6) is 0. The van der Waals surface area contributed by atoms with E-state index in [9.17, 15) is 0 Å². The number of H-pyrrole nitrogens is 1. The van der Waals surface area contributed by atoms with Gasteiger partial charge in [-0.2, -0.15) is 0 Å². The minimum atomic E-state index is 1.25. The first-order valence-electron chi connectivity index (χ1n) is 3.62.